The first-order valence-electron chi connectivity index (χ1n) is 6.96. The maximum absolute atomic E-state index is 12.1. The van der Waals surface area contributed by atoms with E-state index in [1.54, 1.807) is 18.5 Å². The highest BCUT2D eigenvalue weighted by atomic mass is 16.4. The van der Waals surface area contributed by atoms with E-state index < -0.39 is 5.97 Å². The monoisotopic (exact) mass is 305 g/mol. The van der Waals surface area contributed by atoms with Crippen molar-refractivity contribution in [2.45, 2.75) is 0 Å². The maximum atomic E-state index is 12.1. The van der Waals surface area contributed by atoms with Crippen LogP contribution in [-0.4, -0.2) is 26.0 Å². The Balaban J connectivity index is 2.13. The summed E-state index contributed by atoms with van der Waals surface area (Å²) < 4.78 is 0. The zero-order chi connectivity index (χ0) is 16.0. The Morgan fingerprint density at radius 1 is 1.17 bits per heavy atom. The van der Waals surface area contributed by atoms with Gasteiger partial charge >= 0.3 is 5.97 Å². The molecule has 0 unspecified atom stereocenters. The first-order chi connectivity index (χ1) is 11.1. The number of carbonyl (C=O) groups is 1. The smallest absolute Gasteiger partial charge is 0.337 e. The van der Waals surface area contributed by atoms with Gasteiger partial charge in [0.15, 0.2) is 0 Å². The molecule has 0 saturated heterocycles. The lowest BCUT2D eigenvalue weighted by Gasteiger charge is -2.05. The van der Waals surface area contributed by atoms with Gasteiger partial charge in [-0.05, 0) is 23.8 Å². The Kier molecular flexibility index (Phi) is 2.77. The van der Waals surface area contributed by atoms with Crippen LogP contribution in [0.1, 0.15) is 10.4 Å². The molecule has 0 aliphatic heterocycles. The summed E-state index contributed by atoms with van der Waals surface area (Å²) in [6.45, 7) is 0. The van der Waals surface area contributed by atoms with Gasteiger partial charge in [0.2, 0.25) is 0 Å². The van der Waals surface area contributed by atoms with Gasteiger partial charge in [0, 0.05) is 40.4 Å². The van der Waals surface area contributed by atoms with Crippen molar-refractivity contribution < 1.29 is 9.90 Å². The van der Waals surface area contributed by atoms with Gasteiger partial charge in [0.05, 0.1) is 5.56 Å². The highest BCUT2D eigenvalue weighted by molar-refractivity contribution is 6.15. The third kappa shape index (κ3) is 2.00. The van der Waals surface area contributed by atoms with Crippen LogP contribution < -0.4 is 5.56 Å². The molecular weight excluding hydrogens is 294 g/mol. The molecule has 0 radical (unpaired) electrons. The number of aromatic carboxylic acids is 1. The zero-order valence-electron chi connectivity index (χ0n) is 11.8. The Bertz CT molecular complexity index is 1110. The summed E-state index contributed by atoms with van der Waals surface area (Å²) in [5.41, 5.74) is 2.42. The maximum Gasteiger partial charge on any atom is 0.337 e. The number of pyridine rings is 2. The minimum Gasteiger partial charge on any atom is -0.478 e. The van der Waals surface area contributed by atoms with Gasteiger partial charge in [-0.25, -0.2) is 4.79 Å². The minimum absolute atomic E-state index is 0.0828. The summed E-state index contributed by atoms with van der Waals surface area (Å²) in [5.74, 6) is -1.07. The number of carboxylic acids is 1. The Labute approximate surface area is 129 Å². The summed E-state index contributed by atoms with van der Waals surface area (Å²) in [5, 5.41) is 10.5. The van der Waals surface area contributed by atoms with Gasteiger partial charge in [-0.2, -0.15) is 0 Å². The zero-order valence-corrected chi connectivity index (χ0v) is 11.8. The van der Waals surface area contributed by atoms with Crippen LogP contribution in [0.5, 0.6) is 0 Å². The van der Waals surface area contributed by atoms with Gasteiger partial charge in [-0.15, -0.1) is 0 Å². The first kappa shape index (κ1) is 13.3. The number of aromatic amines is 2. The molecule has 0 fully saturated rings. The average Bonchev–Trinajstić information content (AvgIpc) is 3.02. The molecule has 23 heavy (non-hydrogen) atoms. The largest absolute Gasteiger partial charge is 0.478 e. The van der Waals surface area contributed by atoms with Gasteiger partial charge in [0.1, 0.15) is 5.52 Å². The third-order valence-corrected chi connectivity index (χ3v) is 3.87. The molecule has 4 aromatic rings. The van der Waals surface area contributed by atoms with E-state index >= 15 is 0 Å². The van der Waals surface area contributed by atoms with Crippen molar-refractivity contribution in [2.24, 2.45) is 0 Å². The average molecular weight is 305 g/mol. The molecular formula is C17H11N3O3. The van der Waals surface area contributed by atoms with Crippen molar-refractivity contribution in [1.29, 1.82) is 0 Å². The summed E-state index contributed by atoms with van der Waals surface area (Å²) >= 11 is 0. The van der Waals surface area contributed by atoms with Crippen molar-refractivity contribution in [2.75, 3.05) is 0 Å². The standard InChI is InChI=1S/C17H11N3O3/c21-16-15-14(12(8-19-15)17(22)23)11-6-9(3-4-13(11)20-16)10-2-1-5-18-7-10/h1-8,19H,(H,20,21)(H,22,23). The molecule has 0 aliphatic rings. The Morgan fingerprint density at radius 2 is 2.04 bits per heavy atom. The highest BCUT2D eigenvalue weighted by Gasteiger charge is 2.16. The van der Waals surface area contributed by atoms with Crippen LogP contribution in [0.4, 0.5) is 0 Å². The number of nitrogens with zero attached hydrogens (tertiary/aromatic N) is 1. The van der Waals surface area contributed by atoms with E-state index in [2.05, 4.69) is 15.0 Å². The molecule has 0 aliphatic carbocycles. The minimum atomic E-state index is -1.07. The van der Waals surface area contributed by atoms with Crippen molar-refractivity contribution >= 4 is 27.8 Å². The van der Waals surface area contributed by atoms with Gasteiger partial charge < -0.3 is 15.1 Å². The Hall–Kier alpha value is -3.41. The van der Waals surface area contributed by atoms with Crippen molar-refractivity contribution in [1.82, 2.24) is 15.0 Å². The van der Waals surface area contributed by atoms with Crippen LogP contribution in [0, 0.1) is 0 Å². The molecule has 1 aromatic carbocycles. The van der Waals surface area contributed by atoms with Gasteiger partial charge in [0.25, 0.3) is 5.56 Å². The van der Waals surface area contributed by atoms with E-state index in [1.165, 1.54) is 6.20 Å². The second kappa shape index (κ2) is 4.81. The Morgan fingerprint density at radius 3 is 2.78 bits per heavy atom. The number of fused-ring (bicyclic) bond motifs is 3. The number of rotatable bonds is 2. The molecule has 6 nitrogen and oxygen atoms in total. The molecule has 0 spiro atoms. The normalized spacial score (nSPS) is 11.1. The molecule has 6 heteroatoms. The second-order valence-corrected chi connectivity index (χ2v) is 5.21. The fourth-order valence-electron chi connectivity index (χ4n) is 2.81. The fraction of sp³-hybridized carbons (Fsp3) is 0. The molecule has 3 N–H and O–H groups in total. The number of aromatic nitrogens is 3. The van der Waals surface area contributed by atoms with E-state index in [1.807, 2.05) is 24.3 Å². The van der Waals surface area contributed by atoms with E-state index in [-0.39, 0.29) is 16.6 Å². The van der Waals surface area contributed by atoms with Crippen molar-refractivity contribution in [3.63, 3.8) is 0 Å². The van der Waals surface area contributed by atoms with E-state index in [0.717, 1.165) is 11.1 Å². The highest BCUT2D eigenvalue weighted by Crippen LogP contribution is 2.29. The number of nitrogens with one attached hydrogen (secondary N) is 2. The predicted molar refractivity (Wildman–Crippen MR) is 86.6 cm³/mol. The van der Waals surface area contributed by atoms with Crippen LogP contribution >= 0.6 is 0 Å². The van der Waals surface area contributed by atoms with Crippen molar-refractivity contribution in [3.05, 3.63) is 64.8 Å². The molecule has 112 valence electrons. The summed E-state index contributed by atoms with van der Waals surface area (Å²) in [4.78, 5) is 33.2. The summed E-state index contributed by atoms with van der Waals surface area (Å²) in [6.07, 6.45) is 4.77. The lowest BCUT2D eigenvalue weighted by molar-refractivity contribution is 0.0699. The molecule has 0 amide bonds. The van der Waals surface area contributed by atoms with Crippen molar-refractivity contribution in [3.8, 4) is 11.1 Å². The molecule has 3 heterocycles. The van der Waals surface area contributed by atoms with Crippen LogP contribution in [0.15, 0.2) is 53.7 Å². The van der Waals surface area contributed by atoms with Crippen LogP contribution in [0.2, 0.25) is 0 Å². The number of hydrogen-bond acceptors (Lipinski definition) is 3. The second-order valence-electron chi connectivity index (χ2n) is 5.21. The van der Waals surface area contributed by atoms with Crippen LogP contribution in [0.3, 0.4) is 0 Å². The quantitative estimate of drug-likeness (QED) is 0.530. The topological polar surface area (TPSA) is 98.8 Å². The number of hydrogen-bond donors (Lipinski definition) is 3. The summed E-state index contributed by atoms with van der Waals surface area (Å²) in [6, 6.07) is 9.27. The summed E-state index contributed by atoms with van der Waals surface area (Å²) in [7, 11) is 0. The SMILES string of the molecule is O=C(O)c1c[nH]c2c(=O)[nH]c3ccc(-c4cccnc4)cc3c12. The molecule has 3 aromatic heterocycles. The molecule has 0 bridgehead atoms. The number of H-pyrrole nitrogens is 2. The molecule has 0 atom stereocenters. The van der Waals surface area contributed by atoms with Crippen LogP contribution in [-0.2, 0) is 0 Å². The van der Waals surface area contributed by atoms with E-state index in [0.29, 0.717) is 16.3 Å². The third-order valence-electron chi connectivity index (χ3n) is 3.87. The number of benzene rings is 1. The predicted octanol–water partition coefficient (Wildman–Crippen LogP) is 2.77. The number of carboxylic acid groups (broad SMARTS) is 1. The first-order valence-corrected chi connectivity index (χ1v) is 6.96. The lowest BCUT2D eigenvalue weighted by Crippen LogP contribution is -2.07. The van der Waals surface area contributed by atoms with E-state index in [4.69, 9.17) is 0 Å². The van der Waals surface area contributed by atoms with Crippen LogP contribution in [0.25, 0.3) is 32.9 Å². The molecule has 0 saturated carbocycles. The lowest BCUT2D eigenvalue weighted by atomic mass is 10.0. The van der Waals surface area contributed by atoms with Gasteiger partial charge in [-0.3, -0.25) is 9.78 Å². The molecule has 4 rings (SSSR count). The van der Waals surface area contributed by atoms with Gasteiger partial charge in [-0.1, -0.05) is 12.1 Å². The van der Waals surface area contributed by atoms with E-state index in [9.17, 15) is 14.7 Å². The fourth-order valence-corrected chi connectivity index (χ4v) is 2.81.